The van der Waals surface area contributed by atoms with E-state index in [0.717, 1.165) is 18.4 Å². The van der Waals surface area contributed by atoms with E-state index in [4.69, 9.17) is 0 Å². The van der Waals surface area contributed by atoms with Crippen molar-refractivity contribution in [2.45, 2.75) is 65.8 Å². The zero-order valence-corrected chi connectivity index (χ0v) is 22.8. The first kappa shape index (κ1) is 28.6. The summed E-state index contributed by atoms with van der Waals surface area (Å²) in [6.07, 6.45) is 7.01. The number of thiazole rings is 1. The van der Waals surface area contributed by atoms with Crippen LogP contribution in [0.1, 0.15) is 62.5 Å². The summed E-state index contributed by atoms with van der Waals surface area (Å²) in [4.78, 5) is 24.5. The second kappa shape index (κ2) is 12.5. The van der Waals surface area contributed by atoms with Crippen LogP contribution in [0.15, 0.2) is 52.8 Å². The van der Waals surface area contributed by atoms with Crippen molar-refractivity contribution in [3.05, 3.63) is 64.3 Å². The number of hydrogen-bond acceptors (Lipinski definition) is 5. The number of aryl methyl sites for hydroxylation is 1. The lowest BCUT2D eigenvalue weighted by atomic mass is 9.88. The molecule has 2 heterocycles. The summed E-state index contributed by atoms with van der Waals surface area (Å²) in [5, 5.41) is 3.92. The number of nitrogens with one attached hydrogen (secondary N) is 1. The van der Waals surface area contributed by atoms with Gasteiger partial charge in [0.05, 0.1) is 22.5 Å². The standard InChI is InChI=1S/C28H35F3N4OS/c1-6-9-24(32-15-20(7-2)8-3)33-16-23-18(4)14-28(30,31)17-35(23)27(36)25-26(37-19(5)34-25)21-10-12-22(29)13-11-21/h7,9-13,15,18,23,33H,6,8,14,16-17H2,1-5H3/b20-7-,24-9-,32-15+/t18-,23-/m1/s1. The molecule has 1 aromatic heterocycles. The summed E-state index contributed by atoms with van der Waals surface area (Å²) in [5.41, 5.74) is 1.82. The number of likely N-dealkylation sites (tertiary alicyclic amines) is 1. The zero-order valence-electron chi connectivity index (χ0n) is 22.0. The maximum atomic E-state index is 14.7. The molecule has 1 fully saturated rings. The van der Waals surface area contributed by atoms with Crippen LogP contribution < -0.4 is 5.32 Å². The molecule has 2 aromatic rings. The quantitative estimate of drug-likeness (QED) is 0.354. The van der Waals surface area contributed by atoms with Crippen molar-refractivity contribution in [1.82, 2.24) is 15.2 Å². The molecule has 200 valence electrons. The van der Waals surface area contributed by atoms with Crippen molar-refractivity contribution >= 4 is 23.5 Å². The van der Waals surface area contributed by atoms with Crippen LogP contribution in [0.25, 0.3) is 10.4 Å². The van der Waals surface area contributed by atoms with Crippen LogP contribution in [-0.2, 0) is 0 Å². The molecule has 37 heavy (non-hydrogen) atoms. The van der Waals surface area contributed by atoms with Gasteiger partial charge in [0.15, 0.2) is 0 Å². The Balaban J connectivity index is 1.90. The predicted molar refractivity (Wildman–Crippen MR) is 145 cm³/mol. The van der Waals surface area contributed by atoms with Gasteiger partial charge >= 0.3 is 0 Å². The van der Waals surface area contributed by atoms with Crippen molar-refractivity contribution in [1.29, 1.82) is 0 Å². The second-order valence-electron chi connectivity index (χ2n) is 9.31. The predicted octanol–water partition coefficient (Wildman–Crippen LogP) is 7.01. The van der Waals surface area contributed by atoms with E-state index in [-0.39, 0.29) is 18.7 Å². The maximum Gasteiger partial charge on any atom is 0.274 e. The third-order valence-electron chi connectivity index (χ3n) is 6.42. The van der Waals surface area contributed by atoms with Gasteiger partial charge in [0.2, 0.25) is 0 Å². The van der Waals surface area contributed by atoms with Gasteiger partial charge in [-0.15, -0.1) is 11.3 Å². The highest BCUT2D eigenvalue weighted by atomic mass is 32.1. The minimum atomic E-state index is -3.01. The summed E-state index contributed by atoms with van der Waals surface area (Å²) < 4.78 is 42.9. The van der Waals surface area contributed by atoms with Crippen LogP contribution in [0.4, 0.5) is 13.2 Å². The molecule has 0 aliphatic carbocycles. The molecule has 0 bridgehead atoms. The lowest BCUT2D eigenvalue weighted by Crippen LogP contribution is -2.58. The van der Waals surface area contributed by atoms with Gasteiger partial charge in [0.1, 0.15) is 17.3 Å². The van der Waals surface area contributed by atoms with Gasteiger partial charge in [0, 0.05) is 19.2 Å². The highest BCUT2D eigenvalue weighted by molar-refractivity contribution is 7.15. The summed E-state index contributed by atoms with van der Waals surface area (Å²) in [6.45, 7) is 9.09. The van der Waals surface area contributed by atoms with Crippen LogP contribution in [0.5, 0.6) is 0 Å². The summed E-state index contributed by atoms with van der Waals surface area (Å²) >= 11 is 1.29. The third kappa shape index (κ3) is 7.31. The highest BCUT2D eigenvalue weighted by Crippen LogP contribution is 2.37. The van der Waals surface area contributed by atoms with Gasteiger partial charge in [-0.25, -0.2) is 23.1 Å². The van der Waals surface area contributed by atoms with Gasteiger partial charge in [-0.05, 0) is 62.0 Å². The number of rotatable bonds is 9. The lowest BCUT2D eigenvalue weighted by Gasteiger charge is -2.43. The molecule has 0 unspecified atom stereocenters. The molecule has 1 saturated heterocycles. The van der Waals surface area contributed by atoms with Crippen LogP contribution in [0, 0.1) is 18.7 Å². The number of halogens is 3. The number of hydrogen-bond donors (Lipinski definition) is 1. The van der Waals surface area contributed by atoms with E-state index < -0.39 is 36.2 Å². The molecule has 1 aliphatic rings. The molecule has 5 nitrogen and oxygen atoms in total. The smallest absolute Gasteiger partial charge is 0.274 e. The topological polar surface area (TPSA) is 57.6 Å². The average molecular weight is 533 g/mol. The van der Waals surface area contributed by atoms with Crippen molar-refractivity contribution in [2.75, 3.05) is 13.1 Å². The number of allylic oxidation sites excluding steroid dienone is 3. The molecule has 1 amide bonds. The Morgan fingerprint density at radius 2 is 2.00 bits per heavy atom. The first-order chi connectivity index (χ1) is 17.6. The van der Waals surface area contributed by atoms with E-state index in [2.05, 4.69) is 15.3 Å². The van der Waals surface area contributed by atoms with E-state index in [1.165, 1.54) is 28.4 Å². The van der Waals surface area contributed by atoms with Crippen molar-refractivity contribution in [2.24, 2.45) is 10.9 Å². The van der Waals surface area contributed by atoms with Crippen molar-refractivity contribution < 1.29 is 18.0 Å². The average Bonchev–Trinajstić information content (AvgIpc) is 3.24. The first-order valence-electron chi connectivity index (χ1n) is 12.6. The van der Waals surface area contributed by atoms with Crippen LogP contribution in [0.3, 0.4) is 0 Å². The Labute approximate surface area is 221 Å². The molecular formula is C28H35F3N4OS. The fourth-order valence-electron chi connectivity index (χ4n) is 4.48. The summed E-state index contributed by atoms with van der Waals surface area (Å²) in [5.74, 6) is -3.76. The normalized spacial score (nSPS) is 20.5. The number of carbonyl (C=O) groups excluding carboxylic acids is 1. The van der Waals surface area contributed by atoms with Gasteiger partial charge in [0.25, 0.3) is 11.8 Å². The van der Waals surface area contributed by atoms with Crippen LogP contribution >= 0.6 is 11.3 Å². The Morgan fingerprint density at radius 1 is 1.30 bits per heavy atom. The number of alkyl halides is 2. The molecule has 9 heteroatoms. The molecule has 3 rings (SSSR count). The van der Waals surface area contributed by atoms with Gasteiger partial charge in [-0.1, -0.05) is 39.0 Å². The van der Waals surface area contributed by atoms with E-state index in [9.17, 15) is 18.0 Å². The first-order valence-corrected chi connectivity index (χ1v) is 13.5. The van der Waals surface area contributed by atoms with E-state index in [1.54, 1.807) is 32.2 Å². The van der Waals surface area contributed by atoms with E-state index in [0.29, 0.717) is 21.3 Å². The van der Waals surface area contributed by atoms with Gasteiger partial charge in [-0.2, -0.15) is 0 Å². The molecule has 2 atom stereocenters. The number of nitrogens with zero attached hydrogens (tertiary/aromatic N) is 3. The number of aromatic nitrogens is 1. The van der Waals surface area contributed by atoms with Crippen LogP contribution in [-0.4, -0.2) is 47.1 Å². The Hall–Kier alpha value is -2.94. The lowest BCUT2D eigenvalue weighted by molar-refractivity contribution is -0.0913. The molecule has 1 N–H and O–H groups in total. The Morgan fingerprint density at radius 3 is 2.62 bits per heavy atom. The third-order valence-corrected chi connectivity index (χ3v) is 7.44. The van der Waals surface area contributed by atoms with E-state index in [1.807, 2.05) is 32.9 Å². The summed E-state index contributed by atoms with van der Waals surface area (Å²) in [7, 11) is 0. The molecule has 1 aliphatic heterocycles. The van der Waals surface area contributed by atoms with Crippen molar-refractivity contribution in [3.8, 4) is 10.4 Å². The SMILES string of the molecule is C\C=C(/C=N/C(=C/CC)NC[C@@H]1[C@H](C)CC(F)(F)CN1C(=O)c1nc(C)sc1-c1ccc(F)cc1)CC. The molecule has 0 spiro atoms. The van der Waals surface area contributed by atoms with Crippen LogP contribution in [0.2, 0.25) is 0 Å². The molecule has 0 saturated carbocycles. The Kier molecular flexibility index (Phi) is 9.70. The largest absolute Gasteiger partial charge is 0.368 e. The van der Waals surface area contributed by atoms with E-state index >= 15 is 0 Å². The number of aliphatic imine (C=N–C) groups is 1. The molecular weight excluding hydrogens is 497 g/mol. The number of carbonyl (C=O) groups is 1. The monoisotopic (exact) mass is 532 g/mol. The molecule has 1 aromatic carbocycles. The number of benzene rings is 1. The van der Waals surface area contributed by atoms with Gasteiger partial charge in [-0.3, -0.25) is 4.79 Å². The fraction of sp³-hybridized carbons (Fsp3) is 0.464. The maximum absolute atomic E-state index is 14.7. The van der Waals surface area contributed by atoms with Crippen molar-refractivity contribution in [3.63, 3.8) is 0 Å². The molecule has 0 radical (unpaired) electrons. The fourth-order valence-corrected chi connectivity index (χ4v) is 5.40. The number of amides is 1. The minimum absolute atomic E-state index is 0.118. The van der Waals surface area contributed by atoms with Gasteiger partial charge < -0.3 is 10.2 Å². The highest BCUT2D eigenvalue weighted by Gasteiger charge is 2.46. The number of piperidine rings is 1. The Bertz CT molecular complexity index is 1170. The minimum Gasteiger partial charge on any atom is -0.368 e. The zero-order chi connectivity index (χ0) is 27.2. The summed E-state index contributed by atoms with van der Waals surface area (Å²) in [6, 6.07) is 5.27. The second-order valence-corrected chi connectivity index (χ2v) is 10.5.